The lowest BCUT2D eigenvalue weighted by Gasteiger charge is -2.43. The van der Waals surface area contributed by atoms with Crippen molar-refractivity contribution in [2.75, 3.05) is 0 Å². The summed E-state index contributed by atoms with van der Waals surface area (Å²) in [7, 11) is 0. The lowest BCUT2D eigenvalue weighted by molar-refractivity contribution is -0.134. The zero-order chi connectivity index (χ0) is 24.4. The topological polar surface area (TPSA) is 101 Å². The molecule has 7 rings (SSSR count). The van der Waals surface area contributed by atoms with Crippen molar-refractivity contribution in [1.29, 1.82) is 0 Å². The van der Waals surface area contributed by atoms with Crippen LogP contribution < -0.4 is 16.2 Å². The summed E-state index contributed by atoms with van der Waals surface area (Å²) in [6, 6.07) is 22.8. The molecule has 0 radical (unpaired) electrons. The van der Waals surface area contributed by atoms with Gasteiger partial charge in [-0.2, -0.15) is 10.1 Å². The van der Waals surface area contributed by atoms with Gasteiger partial charge in [0, 0.05) is 5.02 Å². The molecule has 1 fully saturated rings. The van der Waals surface area contributed by atoms with Crippen molar-refractivity contribution in [2.24, 2.45) is 10.2 Å². The largest absolute Gasteiger partial charge is 0.298 e. The highest BCUT2D eigenvalue weighted by atomic mass is 35.5. The summed E-state index contributed by atoms with van der Waals surface area (Å²) in [5, 5.41) is 15.1. The first kappa shape index (κ1) is 20.9. The van der Waals surface area contributed by atoms with E-state index >= 15 is 0 Å². The van der Waals surface area contributed by atoms with Gasteiger partial charge in [0.05, 0.1) is 0 Å². The smallest absolute Gasteiger partial charge is 0.291 e. The molecule has 0 aromatic heterocycles. The summed E-state index contributed by atoms with van der Waals surface area (Å²) in [6.07, 6.45) is 2.63. The Labute approximate surface area is 210 Å². The van der Waals surface area contributed by atoms with Crippen LogP contribution in [0.2, 0.25) is 5.02 Å². The van der Waals surface area contributed by atoms with Gasteiger partial charge in [0.15, 0.2) is 5.54 Å². The van der Waals surface area contributed by atoms with Gasteiger partial charge in [-0.3, -0.25) is 20.3 Å². The number of carbonyl (C=O) groups is 2. The number of nitrogens with zero attached hydrogens (tertiary/aromatic N) is 4. The van der Waals surface area contributed by atoms with Crippen LogP contribution in [0.5, 0.6) is 0 Å². The number of hydrogen-bond acceptors (Lipinski definition) is 7. The molecule has 1 atom stereocenters. The molecular formula is C26H18ClN7O2. The second kappa shape index (κ2) is 7.51. The minimum atomic E-state index is -1.18. The Bertz CT molecular complexity index is 1500. The normalized spacial score (nSPS) is 20.9. The number of halogens is 1. The summed E-state index contributed by atoms with van der Waals surface area (Å²) in [6.45, 7) is 0. The van der Waals surface area contributed by atoms with E-state index in [1.165, 1.54) is 5.01 Å². The summed E-state index contributed by atoms with van der Waals surface area (Å²) in [4.78, 5) is 26.9. The van der Waals surface area contributed by atoms with E-state index < -0.39 is 17.7 Å². The summed E-state index contributed by atoms with van der Waals surface area (Å²) < 4.78 is 0. The molecule has 1 spiro atoms. The van der Waals surface area contributed by atoms with E-state index in [0.29, 0.717) is 5.02 Å². The first-order chi connectivity index (χ1) is 17.6. The fraction of sp³-hybridized carbons (Fsp3) is 0.0769. The SMILES string of the molecule is O=C1C(/C=C\c2ccc(Cl)cc2)=NN[C@@H]2N1N=C1NC(=O)C3(NN12)c1ccccc1-c1ccccc13. The van der Waals surface area contributed by atoms with Crippen molar-refractivity contribution in [3.63, 3.8) is 0 Å². The molecule has 0 bridgehead atoms. The van der Waals surface area contributed by atoms with Crippen molar-refractivity contribution in [3.8, 4) is 11.1 Å². The maximum absolute atomic E-state index is 13.7. The fourth-order valence-electron chi connectivity index (χ4n) is 5.08. The molecule has 36 heavy (non-hydrogen) atoms. The molecule has 1 saturated heterocycles. The number of hydrazine groups is 1. The molecule has 3 N–H and O–H groups in total. The Morgan fingerprint density at radius 3 is 2.25 bits per heavy atom. The summed E-state index contributed by atoms with van der Waals surface area (Å²) in [5.74, 6) is -0.453. The van der Waals surface area contributed by atoms with E-state index in [1.54, 1.807) is 29.3 Å². The average molecular weight is 496 g/mol. The van der Waals surface area contributed by atoms with Crippen LogP contribution in [-0.2, 0) is 15.1 Å². The number of benzene rings is 3. The predicted octanol–water partition coefficient (Wildman–Crippen LogP) is 2.57. The van der Waals surface area contributed by atoms with E-state index in [0.717, 1.165) is 27.8 Å². The number of carbonyl (C=O) groups excluding carboxylic acids is 2. The van der Waals surface area contributed by atoms with Crippen LogP contribution in [0.25, 0.3) is 17.2 Å². The Hall–Kier alpha value is -4.47. The van der Waals surface area contributed by atoms with Crippen LogP contribution >= 0.6 is 11.6 Å². The third-order valence-corrected chi connectivity index (χ3v) is 7.00. The van der Waals surface area contributed by atoms with Crippen LogP contribution in [0.15, 0.2) is 89.1 Å². The highest BCUT2D eigenvalue weighted by Crippen LogP contribution is 2.48. The molecule has 10 heteroatoms. The molecule has 9 nitrogen and oxygen atoms in total. The van der Waals surface area contributed by atoms with Gasteiger partial charge < -0.3 is 0 Å². The molecule has 2 amide bonds. The van der Waals surface area contributed by atoms with E-state index in [-0.39, 0.29) is 17.6 Å². The maximum Gasteiger partial charge on any atom is 0.298 e. The molecular weight excluding hydrogens is 478 g/mol. The number of hydrogen-bond donors (Lipinski definition) is 3. The number of guanidine groups is 1. The Kier molecular flexibility index (Phi) is 4.35. The molecule has 3 aromatic carbocycles. The van der Waals surface area contributed by atoms with E-state index in [4.69, 9.17) is 11.6 Å². The molecule has 3 aromatic rings. The molecule has 176 valence electrons. The number of amides is 2. The minimum Gasteiger partial charge on any atom is -0.291 e. The van der Waals surface area contributed by atoms with Crippen LogP contribution in [-0.4, -0.2) is 39.8 Å². The summed E-state index contributed by atoms with van der Waals surface area (Å²) in [5.41, 5.74) is 9.88. The first-order valence-electron chi connectivity index (χ1n) is 11.3. The van der Waals surface area contributed by atoms with Crippen LogP contribution in [0.4, 0.5) is 0 Å². The maximum atomic E-state index is 13.7. The lowest BCUT2D eigenvalue weighted by atomic mass is 9.86. The number of rotatable bonds is 2. The van der Waals surface area contributed by atoms with Gasteiger partial charge in [0.1, 0.15) is 5.71 Å². The van der Waals surface area contributed by atoms with E-state index in [2.05, 4.69) is 26.4 Å². The monoisotopic (exact) mass is 495 g/mol. The molecule has 0 unspecified atom stereocenters. The molecule has 3 aliphatic heterocycles. The predicted molar refractivity (Wildman–Crippen MR) is 135 cm³/mol. The van der Waals surface area contributed by atoms with Gasteiger partial charge >= 0.3 is 0 Å². The van der Waals surface area contributed by atoms with E-state index in [9.17, 15) is 9.59 Å². The number of hydrazone groups is 2. The Morgan fingerprint density at radius 1 is 0.889 bits per heavy atom. The molecule has 1 aliphatic carbocycles. The number of fused-ring (bicyclic) bond motifs is 8. The average Bonchev–Trinajstić information content (AvgIpc) is 3.40. The fourth-order valence-corrected chi connectivity index (χ4v) is 5.20. The molecule has 4 aliphatic rings. The third-order valence-electron chi connectivity index (χ3n) is 6.74. The van der Waals surface area contributed by atoms with Crippen LogP contribution in [0, 0.1) is 0 Å². The second-order valence-corrected chi connectivity index (χ2v) is 9.17. The minimum absolute atomic E-state index is 0.183. The van der Waals surface area contributed by atoms with Crippen LogP contribution in [0.1, 0.15) is 16.7 Å². The van der Waals surface area contributed by atoms with Crippen molar-refractivity contribution >= 4 is 41.2 Å². The highest BCUT2D eigenvalue weighted by Gasteiger charge is 2.57. The Balaban J connectivity index is 1.23. The highest BCUT2D eigenvalue weighted by molar-refractivity contribution is 6.44. The zero-order valence-electron chi connectivity index (χ0n) is 18.6. The lowest BCUT2D eigenvalue weighted by Crippen LogP contribution is -2.73. The zero-order valence-corrected chi connectivity index (χ0v) is 19.4. The van der Waals surface area contributed by atoms with E-state index in [1.807, 2.05) is 60.7 Å². The Morgan fingerprint density at radius 2 is 1.56 bits per heavy atom. The van der Waals surface area contributed by atoms with Gasteiger partial charge in [-0.15, -0.1) is 5.10 Å². The second-order valence-electron chi connectivity index (χ2n) is 8.74. The standard InChI is InChI=1S/C26H18ClN7O2/c27-16-12-9-15(10-13-16)11-14-21-22(35)33-25(30-29-21)34-24(31-33)28-23(36)26(32-34)19-7-3-1-5-17(19)18-6-2-4-8-20(18)26/h1-14,25,30,32H,(H,28,31,36)/b14-11-/t25-/m1/s1. The van der Waals surface area contributed by atoms with Gasteiger partial charge in [-0.1, -0.05) is 78.3 Å². The quantitative estimate of drug-likeness (QED) is 0.507. The molecule has 3 heterocycles. The van der Waals surface area contributed by atoms with Gasteiger partial charge in [-0.25, -0.2) is 10.4 Å². The first-order valence-corrected chi connectivity index (χ1v) is 11.7. The summed E-state index contributed by atoms with van der Waals surface area (Å²) >= 11 is 5.94. The van der Waals surface area contributed by atoms with Gasteiger partial charge in [0.25, 0.3) is 11.8 Å². The van der Waals surface area contributed by atoms with Crippen molar-refractivity contribution < 1.29 is 9.59 Å². The van der Waals surface area contributed by atoms with Crippen LogP contribution in [0.3, 0.4) is 0 Å². The van der Waals surface area contributed by atoms with Crippen molar-refractivity contribution in [1.82, 2.24) is 26.2 Å². The van der Waals surface area contributed by atoms with Gasteiger partial charge in [0.2, 0.25) is 12.2 Å². The van der Waals surface area contributed by atoms with Crippen molar-refractivity contribution in [3.05, 3.63) is 101 Å². The van der Waals surface area contributed by atoms with Crippen molar-refractivity contribution in [2.45, 2.75) is 11.8 Å². The molecule has 0 saturated carbocycles. The third kappa shape index (κ3) is 2.81. The number of nitrogens with one attached hydrogen (secondary N) is 3. The van der Waals surface area contributed by atoms with Gasteiger partial charge in [-0.05, 0) is 46.0 Å².